The van der Waals surface area contributed by atoms with Crippen molar-refractivity contribution in [3.05, 3.63) is 31.3 Å². The summed E-state index contributed by atoms with van der Waals surface area (Å²) in [6, 6.07) is 7.71. The van der Waals surface area contributed by atoms with Crippen molar-refractivity contribution in [2.75, 3.05) is 5.73 Å². The number of para-hydroxylation sites is 2. The molecule has 2 rings (SSSR count). The molecule has 0 amide bonds. The maximum Gasteiger partial charge on any atom is 0.0906 e. The van der Waals surface area contributed by atoms with Gasteiger partial charge in [-0.2, -0.15) is 0 Å². The van der Waals surface area contributed by atoms with Crippen LogP contribution >= 0.6 is 0 Å². The molecule has 12 heavy (non-hydrogen) atoms. The number of nitrogen functional groups attached to an aromatic ring is 1. The van der Waals surface area contributed by atoms with Gasteiger partial charge in [0.1, 0.15) is 0 Å². The number of rotatable bonds is 0. The number of hydrogen-bond donors (Lipinski definition) is 1. The van der Waals surface area contributed by atoms with E-state index in [1.54, 1.807) is 4.57 Å². The Bertz CT molecular complexity index is 394. The first-order valence-electron chi connectivity index (χ1n) is 3.33. The number of hydrogen-bond acceptors (Lipinski definition) is 2. The summed E-state index contributed by atoms with van der Waals surface area (Å²) < 4.78 is 1.62. The van der Waals surface area contributed by atoms with E-state index in [9.17, 15) is 0 Å². The molecule has 4 heteroatoms. The fourth-order valence-electron chi connectivity index (χ4n) is 1.09. The average molecular weight is 235 g/mol. The minimum Gasteiger partial charge on any atom is -0.451 e. The van der Waals surface area contributed by atoms with Crippen LogP contribution in [0.2, 0.25) is 0 Å². The molecule has 0 saturated carbocycles. The summed E-state index contributed by atoms with van der Waals surface area (Å²) in [4.78, 5) is 4.09. The SMILES string of the molecule is [CH2-]n1c(N)nc2ccccc21.[Y]. The van der Waals surface area contributed by atoms with Gasteiger partial charge in [-0.05, 0) is 11.6 Å². The fraction of sp³-hybridized carbons (Fsp3) is 0. The van der Waals surface area contributed by atoms with Crippen molar-refractivity contribution >= 4 is 17.0 Å². The summed E-state index contributed by atoms with van der Waals surface area (Å²) in [6.07, 6.45) is 0. The van der Waals surface area contributed by atoms with Crippen LogP contribution in [0.5, 0.6) is 0 Å². The van der Waals surface area contributed by atoms with E-state index in [-0.39, 0.29) is 32.7 Å². The van der Waals surface area contributed by atoms with Crippen molar-refractivity contribution < 1.29 is 32.7 Å². The summed E-state index contributed by atoms with van der Waals surface area (Å²) in [5.41, 5.74) is 7.39. The van der Waals surface area contributed by atoms with Gasteiger partial charge in [-0.25, -0.2) is 0 Å². The van der Waals surface area contributed by atoms with Crippen molar-refractivity contribution in [1.29, 1.82) is 0 Å². The Labute approximate surface area is 95.8 Å². The smallest absolute Gasteiger partial charge is 0.0906 e. The molecule has 0 fully saturated rings. The Hall–Kier alpha value is -0.536. The molecule has 1 aromatic carbocycles. The molecule has 3 nitrogen and oxygen atoms in total. The second-order valence-electron chi connectivity index (χ2n) is 2.39. The third-order valence-corrected chi connectivity index (χ3v) is 1.68. The Morgan fingerprint density at radius 1 is 1.33 bits per heavy atom. The van der Waals surface area contributed by atoms with Gasteiger partial charge in [-0.15, -0.1) is 7.05 Å². The van der Waals surface area contributed by atoms with Gasteiger partial charge < -0.3 is 10.3 Å². The summed E-state index contributed by atoms with van der Waals surface area (Å²) in [5.74, 6) is 0.450. The third kappa shape index (κ3) is 1.34. The van der Waals surface area contributed by atoms with Crippen LogP contribution in [0.15, 0.2) is 24.3 Å². The topological polar surface area (TPSA) is 43.8 Å². The summed E-state index contributed by atoms with van der Waals surface area (Å²) in [6.45, 7) is 0. The number of nitrogens with two attached hydrogens (primary N) is 1. The van der Waals surface area contributed by atoms with Crippen LogP contribution in [0.1, 0.15) is 0 Å². The predicted molar refractivity (Wildman–Crippen MR) is 44.9 cm³/mol. The van der Waals surface area contributed by atoms with Gasteiger partial charge in [-0.1, -0.05) is 18.2 Å². The quantitative estimate of drug-likeness (QED) is 0.698. The van der Waals surface area contributed by atoms with Gasteiger partial charge in [0.2, 0.25) is 0 Å². The minimum atomic E-state index is 0. The van der Waals surface area contributed by atoms with Crippen molar-refractivity contribution in [1.82, 2.24) is 9.55 Å². The van der Waals surface area contributed by atoms with E-state index < -0.39 is 0 Å². The number of benzene rings is 1. The molecule has 0 spiro atoms. The normalized spacial score (nSPS) is 9.67. The summed E-state index contributed by atoms with van der Waals surface area (Å²) in [7, 11) is 3.74. The molecular formula is C8H8N3Y-. The Balaban J connectivity index is 0.000000720. The molecule has 59 valence electrons. The second kappa shape index (κ2) is 3.46. The van der Waals surface area contributed by atoms with E-state index in [4.69, 9.17) is 5.73 Å². The molecule has 0 bridgehead atoms. The minimum absolute atomic E-state index is 0. The third-order valence-electron chi connectivity index (χ3n) is 1.68. The number of imidazole rings is 1. The van der Waals surface area contributed by atoms with Crippen LogP contribution in [0.25, 0.3) is 11.0 Å². The molecule has 1 radical (unpaired) electrons. The Morgan fingerprint density at radius 2 is 2.00 bits per heavy atom. The van der Waals surface area contributed by atoms with Crippen LogP contribution in [0.3, 0.4) is 0 Å². The predicted octanol–water partition coefficient (Wildman–Crippen LogP) is 1.26. The standard InChI is InChI=1S/C8H8N3.Y/c1-11-7-5-3-2-4-6(7)10-8(11)9;/h2-5H,1H2,(H2,9,10);/q-1;. The zero-order valence-electron chi connectivity index (χ0n) is 6.57. The van der Waals surface area contributed by atoms with Gasteiger partial charge in [0.15, 0.2) is 0 Å². The zero-order chi connectivity index (χ0) is 7.84. The van der Waals surface area contributed by atoms with Crippen LogP contribution in [-0.2, 0) is 32.7 Å². The van der Waals surface area contributed by atoms with E-state index in [1.165, 1.54) is 0 Å². The molecule has 0 aliphatic heterocycles. The van der Waals surface area contributed by atoms with E-state index in [2.05, 4.69) is 12.0 Å². The monoisotopic (exact) mass is 235 g/mol. The molecule has 0 aliphatic carbocycles. The zero-order valence-corrected chi connectivity index (χ0v) is 9.40. The van der Waals surface area contributed by atoms with E-state index in [1.807, 2.05) is 24.3 Å². The van der Waals surface area contributed by atoms with Crippen molar-refractivity contribution in [2.24, 2.45) is 0 Å². The number of nitrogens with zero attached hydrogens (tertiary/aromatic N) is 2. The maximum absolute atomic E-state index is 5.54. The maximum atomic E-state index is 5.54. The van der Waals surface area contributed by atoms with Gasteiger partial charge >= 0.3 is 0 Å². The molecule has 1 aromatic heterocycles. The van der Waals surface area contributed by atoms with Crippen LogP contribution in [-0.4, -0.2) is 9.55 Å². The molecule has 0 atom stereocenters. The number of aromatic nitrogens is 2. The van der Waals surface area contributed by atoms with E-state index in [0.717, 1.165) is 11.0 Å². The fourth-order valence-corrected chi connectivity index (χ4v) is 1.09. The molecule has 2 N–H and O–H groups in total. The first-order chi connectivity index (χ1) is 5.29. The van der Waals surface area contributed by atoms with Gasteiger partial charge in [-0.3, -0.25) is 4.98 Å². The number of fused-ring (bicyclic) bond motifs is 1. The molecular weight excluding hydrogens is 227 g/mol. The molecule has 0 aliphatic rings. The molecule has 2 aromatic rings. The average Bonchev–Trinajstić information content (AvgIpc) is 2.30. The van der Waals surface area contributed by atoms with Crippen molar-refractivity contribution in [2.45, 2.75) is 0 Å². The van der Waals surface area contributed by atoms with Crippen molar-refractivity contribution in [3.8, 4) is 0 Å². The van der Waals surface area contributed by atoms with Gasteiger partial charge in [0, 0.05) is 38.2 Å². The summed E-state index contributed by atoms with van der Waals surface area (Å²) in [5, 5.41) is 0. The first-order valence-corrected chi connectivity index (χ1v) is 3.33. The van der Waals surface area contributed by atoms with Gasteiger partial charge in [0.05, 0.1) is 5.95 Å². The second-order valence-corrected chi connectivity index (χ2v) is 2.39. The largest absolute Gasteiger partial charge is 0.451 e. The van der Waals surface area contributed by atoms with E-state index in [0.29, 0.717) is 5.95 Å². The van der Waals surface area contributed by atoms with Crippen molar-refractivity contribution in [3.63, 3.8) is 0 Å². The van der Waals surface area contributed by atoms with Crippen LogP contribution in [0.4, 0.5) is 5.95 Å². The van der Waals surface area contributed by atoms with Gasteiger partial charge in [0.25, 0.3) is 0 Å². The molecule has 0 unspecified atom stereocenters. The van der Waals surface area contributed by atoms with E-state index >= 15 is 0 Å². The molecule has 0 saturated heterocycles. The Morgan fingerprint density at radius 3 is 2.67 bits per heavy atom. The first kappa shape index (κ1) is 9.55. The Kier molecular flexibility index (Phi) is 2.75. The number of anilines is 1. The van der Waals surface area contributed by atoms with Crippen LogP contribution in [0, 0.1) is 7.05 Å². The summed E-state index contributed by atoms with van der Waals surface area (Å²) >= 11 is 0. The molecule has 1 heterocycles. The van der Waals surface area contributed by atoms with Crippen LogP contribution < -0.4 is 5.73 Å².